The normalized spacial score (nSPS) is 23.4. The number of carbonyl (C=O) groups excluding carboxylic acids is 1. The number of hydrogen-bond acceptors (Lipinski definition) is 6. The second kappa shape index (κ2) is 7.82. The summed E-state index contributed by atoms with van der Waals surface area (Å²) in [4.78, 5) is 35.1. The Morgan fingerprint density at radius 1 is 1.34 bits per heavy atom. The van der Waals surface area contributed by atoms with Crippen LogP contribution >= 0.6 is 0 Å². The minimum atomic E-state index is -0.325. The van der Waals surface area contributed by atoms with Gasteiger partial charge in [-0.1, -0.05) is 12.1 Å². The number of methoxy groups -OCH3 is 1. The molecule has 154 valence electrons. The van der Waals surface area contributed by atoms with Crippen molar-refractivity contribution in [2.75, 3.05) is 44.0 Å². The number of likely N-dealkylation sites (tertiary alicyclic amines) is 1. The van der Waals surface area contributed by atoms with E-state index in [1.807, 2.05) is 15.9 Å². The van der Waals surface area contributed by atoms with Crippen molar-refractivity contribution in [3.8, 4) is 0 Å². The van der Waals surface area contributed by atoms with Crippen molar-refractivity contribution in [3.05, 3.63) is 52.1 Å². The number of rotatable bonds is 5. The van der Waals surface area contributed by atoms with E-state index in [0.29, 0.717) is 32.1 Å². The van der Waals surface area contributed by atoms with Gasteiger partial charge in [0, 0.05) is 44.6 Å². The van der Waals surface area contributed by atoms with Crippen molar-refractivity contribution in [1.29, 1.82) is 0 Å². The number of H-pyrrole nitrogens is 1. The first-order chi connectivity index (χ1) is 14.0. The number of aromatic amines is 1. The minimum absolute atomic E-state index is 0.000543. The number of fused-ring (bicyclic) bond motifs is 1. The fourth-order valence-corrected chi connectivity index (χ4v) is 4.56. The Morgan fingerprint density at radius 3 is 2.90 bits per heavy atom. The van der Waals surface area contributed by atoms with Gasteiger partial charge in [0.05, 0.1) is 19.1 Å². The maximum Gasteiger partial charge on any atom is 0.254 e. The highest BCUT2D eigenvalue weighted by Gasteiger charge is 2.49. The zero-order chi connectivity index (χ0) is 20.5. The number of nitrogens with two attached hydrogens (primary N) is 1. The molecule has 0 radical (unpaired) electrons. The Morgan fingerprint density at radius 2 is 2.17 bits per heavy atom. The predicted octanol–water partition coefficient (Wildman–Crippen LogP) is 1.16. The third-order valence-electron chi connectivity index (χ3n) is 5.77. The van der Waals surface area contributed by atoms with Gasteiger partial charge in [-0.2, -0.15) is 4.98 Å². The number of benzene rings is 1. The van der Waals surface area contributed by atoms with Gasteiger partial charge in [-0.15, -0.1) is 0 Å². The van der Waals surface area contributed by atoms with Crippen LogP contribution in [0.15, 0.2) is 35.1 Å². The van der Waals surface area contributed by atoms with Gasteiger partial charge < -0.3 is 20.3 Å². The highest BCUT2D eigenvalue weighted by Crippen LogP contribution is 2.46. The number of aromatic nitrogens is 2. The van der Waals surface area contributed by atoms with Crippen LogP contribution in [-0.2, 0) is 9.53 Å². The monoisotopic (exact) mass is 401 g/mol. The van der Waals surface area contributed by atoms with E-state index >= 15 is 0 Å². The molecule has 29 heavy (non-hydrogen) atoms. The van der Waals surface area contributed by atoms with Crippen LogP contribution < -0.4 is 16.2 Å². The first kappa shape index (κ1) is 19.4. The molecule has 1 aromatic carbocycles. The van der Waals surface area contributed by atoms with Crippen molar-refractivity contribution in [2.24, 2.45) is 11.8 Å². The lowest BCUT2D eigenvalue weighted by atomic mass is 9.89. The molecule has 2 saturated heterocycles. The Labute approximate surface area is 167 Å². The van der Waals surface area contributed by atoms with E-state index in [-0.39, 0.29) is 47.5 Å². The number of halogens is 1. The van der Waals surface area contributed by atoms with Crippen molar-refractivity contribution in [3.63, 3.8) is 0 Å². The van der Waals surface area contributed by atoms with E-state index in [4.69, 9.17) is 10.5 Å². The van der Waals surface area contributed by atoms with Crippen LogP contribution in [0.2, 0.25) is 0 Å². The number of anilines is 2. The van der Waals surface area contributed by atoms with E-state index < -0.39 is 0 Å². The van der Waals surface area contributed by atoms with Crippen LogP contribution in [0.5, 0.6) is 0 Å². The van der Waals surface area contributed by atoms with Gasteiger partial charge in [0.2, 0.25) is 11.9 Å². The number of nitrogen functional groups attached to an aromatic ring is 1. The molecule has 9 heteroatoms. The van der Waals surface area contributed by atoms with Gasteiger partial charge in [-0.25, -0.2) is 4.39 Å². The van der Waals surface area contributed by atoms with Crippen LogP contribution in [0.4, 0.5) is 16.2 Å². The van der Waals surface area contributed by atoms with Crippen LogP contribution in [0.1, 0.15) is 18.0 Å². The standard InChI is InChI=1S/C20H24FN5O3/c1-29-6-5-18(28)26-10-13-9-25(16-8-17(27)24-20(22)23-16)11-15(13)19(26)12-3-2-4-14(21)7-12/h2-4,7-8,13,15,19H,5-6,9-11H2,1H3,(H3,22,23,24,27)/t13-,15-,19+/m0/s1. The predicted molar refractivity (Wildman–Crippen MR) is 106 cm³/mol. The first-order valence-electron chi connectivity index (χ1n) is 9.62. The summed E-state index contributed by atoms with van der Waals surface area (Å²) in [6.07, 6.45) is 0.289. The topological polar surface area (TPSA) is 105 Å². The SMILES string of the molecule is COCCC(=O)N1C[C@@H]2CN(c3cc(=O)[nH]c(N)n3)C[C@@H]2[C@H]1c1cccc(F)c1. The molecule has 1 aromatic heterocycles. The third kappa shape index (κ3) is 3.82. The molecule has 2 fully saturated rings. The minimum Gasteiger partial charge on any atom is -0.384 e. The summed E-state index contributed by atoms with van der Waals surface area (Å²) in [5.74, 6) is 0.566. The van der Waals surface area contributed by atoms with Gasteiger partial charge in [-0.05, 0) is 17.7 Å². The Kier molecular flexibility index (Phi) is 5.23. The number of nitrogens with one attached hydrogen (secondary N) is 1. The Hall–Kier alpha value is -2.94. The molecule has 0 unspecified atom stereocenters. The molecule has 4 rings (SSSR count). The van der Waals surface area contributed by atoms with Gasteiger partial charge in [0.1, 0.15) is 11.6 Å². The molecule has 2 aliphatic heterocycles. The van der Waals surface area contributed by atoms with E-state index in [1.165, 1.54) is 18.2 Å². The molecular formula is C20H24FN5O3. The van der Waals surface area contributed by atoms with E-state index in [2.05, 4.69) is 9.97 Å². The second-order valence-corrected chi connectivity index (χ2v) is 7.61. The lowest BCUT2D eigenvalue weighted by molar-refractivity contribution is -0.133. The quantitative estimate of drug-likeness (QED) is 0.779. The highest BCUT2D eigenvalue weighted by atomic mass is 19.1. The number of ether oxygens (including phenoxy) is 1. The van der Waals surface area contributed by atoms with E-state index in [0.717, 1.165) is 5.56 Å². The third-order valence-corrected chi connectivity index (χ3v) is 5.77. The second-order valence-electron chi connectivity index (χ2n) is 7.61. The van der Waals surface area contributed by atoms with Crippen molar-refractivity contribution in [1.82, 2.24) is 14.9 Å². The first-order valence-corrected chi connectivity index (χ1v) is 9.62. The lowest BCUT2D eigenvalue weighted by Crippen LogP contribution is -2.36. The molecule has 3 N–H and O–H groups in total. The largest absolute Gasteiger partial charge is 0.384 e. The molecule has 0 bridgehead atoms. The van der Waals surface area contributed by atoms with Crippen LogP contribution in [0.25, 0.3) is 0 Å². The molecular weight excluding hydrogens is 377 g/mol. The average Bonchev–Trinajstić information content (AvgIpc) is 3.23. The summed E-state index contributed by atoms with van der Waals surface area (Å²) in [5, 5.41) is 0. The van der Waals surface area contributed by atoms with E-state index in [1.54, 1.807) is 13.2 Å². The maximum atomic E-state index is 13.9. The average molecular weight is 401 g/mol. The number of hydrogen-bond donors (Lipinski definition) is 2. The molecule has 0 spiro atoms. The summed E-state index contributed by atoms with van der Waals surface area (Å²) in [6.45, 7) is 2.18. The molecule has 8 nitrogen and oxygen atoms in total. The lowest BCUT2D eigenvalue weighted by Gasteiger charge is -2.30. The summed E-state index contributed by atoms with van der Waals surface area (Å²) in [7, 11) is 1.56. The summed E-state index contributed by atoms with van der Waals surface area (Å²) in [5.41, 5.74) is 6.16. The summed E-state index contributed by atoms with van der Waals surface area (Å²) < 4.78 is 19.0. The Balaban J connectivity index is 1.63. The van der Waals surface area contributed by atoms with Crippen LogP contribution in [0, 0.1) is 17.7 Å². The number of amides is 1. The van der Waals surface area contributed by atoms with Crippen molar-refractivity contribution < 1.29 is 13.9 Å². The molecule has 2 aromatic rings. The number of carbonyl (C=O) groups is 1. The van der Waals surface area contributed by atoms with Crippen LogP contribution in [-0.4, -0.2) is 54.1 Å². The highest BCUT2D eigenvalue weighted by molar-refractivity contribution is 5.77. The number of nitrogens with zero attached hydrogens (tertiary/aromatic N) is 3. The van der Waals surface area contributed by atoms with Gasteiger partial charge in [-0.3, -0.25) is 14.6 Å². The Bertz CT molecular complexity index is 965. The van der Waals surface area contributed by atoms with Crippen LogP contribution in [0.3, 0.4) is 0 Å². The van der Waals surface area contributed by atoms with Gasteiger partial charge in [0.15, 0.2) is 0 Å². The van der Waals surface area contributed by atoms with Gasteiger partial charge in [0.25, 0.3) is 5.56 Å². The molecule has 1 amide bonds. The maximum absolute atomic E-state index is 13.9. The summed E-state index contributed by atoms with van der Waals surface area (Å²) >= 11 is 0. The molecule has 3 atom stereocenters. The molecule has 2 aliphatic rings. The van der Waals surface area contributed by atoms with E-state index in [9.17, 15) is 14.0 Å². The van der Waals surface area contributed by atoms with Crippen molar-refractivity contribution >= 4 is 17.7 Å². The molecule has 0 saturated carbocycles. The van der Waals surface area contributed by atoms with Gasteiger partial charge >= 0.3 is 0 Å². The van der Waals surface area contributed by atoms with Crippen molar-refractivity contribution in [2.45, 2.75) is 12.5 Å². The molecule has 3 heterocycles. The summed E-state index contributed by atoms with van der Waals surface area (Å²) in [6, 6.07) is 7.62. The zero-order valence-electron chi connectivity index (χ0n) is 16.2. The molecule has 0 aliphatic carbocycles. The zero-order valence-corrected chi connectivity index (χ0v) is 16.2. The fourth-order valence-electron chi connectivity index (χ4n) is 4.56. The smallest absolute Gasteiger partial charge is 0.254 e. The fraction of sp³-hybridized carbons (Fsp3) is 0.450.